The van der Waals surface area contributed by atoms with Crippen molar-refractivity contribution < 1.29 is 32.2 Å². The molecule has 1 N–H and O–H groups in total. The van der Waals surface area contributed by atoms with Crippen LogP contribution in [-0.2, 0) is 17.3 Å². The largest absolute Gasteiger partial charge is 0.477 e. The molecule has 2 amide bonds. The Morgan fingerprint density at radius 3 is 2.52 bits per heavy atom. The van der Waals surface area contributed by atoms with Crippen LogP contribution < -0.4 is 10.1 Å². The highest BCUT2D eigenvalue weighted by molar-refractivity contribution is 7.06. The van der Waals surface area contributed by atoms with Crippen LogP contribution in [0.5, 0.6) is 5.88 Å². The maximum atomic E-state index is 13.0. The number of anilines is 1. The first-order chi connectivity index (χ1) is 18.8. The van der Waals surface area contributed by atoms with Crippen molar-refractivity contribution in [2.24, 2.45) is 5.92 Å². The number of pyridine rings is 1. The van der Waals surface area contributed by atoms with E-state index in [0.29, 0.717) is 53.6 Å². The summed E-state index contributed by atoms with van der Waals surface area (Å²) in [5.74, 6) is 0.101. The summed E-state index contributed by atoms with van der Waals surface area (Å²) in [5, 5.41) is 2.77. The van der Waals surface area contributed by atoms with Crippen molar-refractivity contribution in [1.29, 1.82) is 0 Å². The van der Waals surface area contributed by atoms with Crippen LogP contribution in [0.25, 0.3) is 0 Å². The maximum Gasteiger partial charge on any atom is 0.434 e. The van der Waals surface area contributed by atoms with Gasteiger partial charge in [-0.1, -0.05) is 0 Å². The number of hydrogen-bond acceptors (Lipinski definition) is 9. The Morgan fingerprint density at radius 2 is 1.90 bits per heavy atom. The van der Waals surface area contributed by atoms with Gasteiger partial charge in [-0.25, -0.2) is 14.8 Å². The summed E-state index contributed by atoms with van der Waals surface area (Å²) in [4.78, 5) is 39.0. The van der Waals surface area contributed by atoms with Crippen molar-refractivity contribution >= 4 is 29.2 Å². The standard InChI is InChI=1S/C26H29F3N6O4S/c1-15-22(19(40-34-15)9-18-11-31-20(12-30-18)26(27,28)29)23(36)33-17-5-6-21(32-10-17)38-14-16-7-8-35(13-16)24(37)39-25(2,3)4/h5-6,10-12,16H,7-9,13-14H2,1-4H3,(H,33,36)/t16-/m0/s1. The Morgan fingerprint density at radius 1 is 1.12 bits per heavy atom. The summed E-state index contributed by atoms with van der Waals surface area (Å²) in [7, 11) is 0. The SMILES string of the molecule is Cc1nsc(Cc2cnc(C(F)(F)F)cn2)c1C(=O)Nc1ccc(OC[C@H]2CCN(C(=O)OC(C)(C)C)C2)nc1. The lowest BCUT2D eigenvalue weighted by atomic mass is 10.1. The molecule has 0 aromatic carbocycles. The zero-order valence-corrected chi connectivity index (χ0v) is 23.2. The lowest BCUT2D eigenvalue weighted by molar-refractivity contribution is -0.141. The average Bonchev–Trinajstić information content (AvgIpc) is 3.49. The fraction of sp³-hybridized carbons (Fsp3) is 0.462. The number of halogens is 3. The molecular weight excluding hydrogens is 549 g/mol. The van der Waals surface area contributed by atoms with E-state index in [1.807, 2.05) is 20.8 Å². The number of carbonyl (C=O) groups excluding carboxylic acids is 2. The smallest absolute Gasteiger partial charge is 0.434 e. The van der Waals surface area contributed by atoms with Crippen LogP contribution in [0.2, 0.25) is 0 Å². The molecule has 214 valence electrons. The van der Waals surface area contributed by atoms with Crippen LogP contribution in [0, 0.1) is 12.8 Å². The number of carbonyl (C=O) groups is 2. The molecule has 3 aromatic rings. The van der Waals surface area contributed by atoms with E-state index in [1.165, 1.54) is 6.20 Å². The topological polar surface area (TPSA) is 119 Å². The van der Waals surface area contributed by atoms with E-state index in [1.54, 1.807) is 24.0 Å². The third-order valence-electron chi connectivity index (χ3n) is 5.90. The minimum atomic E-state index is -4.58. The van der Waals surface area contributed by atoms with E-state index in [9.17, 15) is 22.8 Å². The number of amides is 2. The fourth-order valence-corrected chi connectivity index (χ4v) is 4.87. The average molecular weight is 579 g/mol. The van der Waals surface area contributed by atoms with Crippen LogP contribution in [0.15, 0.2) is 30.7 Å². The third-order valence-corrected chi connectivity index (χ3v) is 6.83. The van der Waals surface area contributed by atoms with E-state index in [0.717, 1.165) is 24.2 Å². The number of likely N-dealkylation sites (tertiary alicyclic amines) is 1. The monoisotopic (exact) mass is 578 g/mol. The Bertz CT molecular complexity index is 1340. The van der Waals surface area contributed by atoms with Crippen LogP contribution in [0.1, 0.15) is 59.5 Å². The van der Waals surface area contributed by atoms with Crippen LogP contribution in [-0.4, -0.2) is 61.5 Å². The maximum absolute atomic E-state index is 13.0. The zero-order chi connectivity index (χ0) is 29.1. The normalized spacial score (nSPS) is 15.7. The number of aromatic nitrogens is 4. The Hall–Kier alpha value is -3.81. The van der Waals surface area contributed by atoms with Crippen LogP contribution in [0.3, 0.4) is 0 Å². The molecule has 40 heavy (non-hydrogen) atoms. The van der Waals surface area contributed by atoms with Crippen molar-refractivity contribution in [3.63, 3.8) is 0 Å². The van der Waals surface area contributed by atoms with Gasteiger partial charge >= 0.3 is 12.3 Å². The van der Waals surface area contributed by atoms with Gasteiger partial charge in [0.25, 0.3) is 5.91 Å². The first-order valence-electron chi connectivity index (χ1n) is 12.5. The number of hydrogen-bond donors (Lipinski definition) is 1. The Kier molecular flexibility index (Phi) is 8.57. The minimum Gasteiger partial charge on any atom is -0.477 e. The molecule has 0 radical (unpaired) electrons. The van der Waals surface area contributed by atoms with Crippen molar-refractivity contribution in [2.75, 3.05) is 25.0 Å². The number of rotatable bonds is 7. The summed E-state index contributed by atoms with van der Waals surface area (Å²) < 4.78 is 53.7. The first kappa shape index (κ1) is 29.2. The molecule has 4 rings (SSSR count). The zero-order valence-electron chi connectivity index (χ0n) is 22.4. The van der Waals surface area contributed by atoms with Crippen LogP contribution in [0.4, 0.5) is 23.7 Å². The van der Waals surface area contributed by atoms with E-state index < -0.39 is 23.4 Å². The van der Waals surface area contributed by atoms with Crippen molar-refractivity contribution in [3.05, 3.63) is 58.2 Å². The molecule has 0 unspecified atom stereocenters. The highest BCUT2D eigenvalue weighted by Gasteiger charge is 2.33. The quantitative estimate of drug-likeness (QED) is 0.410. The summed E-state index contributed by atoms with van der Waals surface area (Å²) in [6, 6.07) is 3.28. The highest BCUT2D eigenvalue weighted by Crippen LogP contribution is 2.28. The minimum absolute atomic E-state index is 0.108. The van der Waals surface area contributed by atoms with Gasteiger partial charge in [0.05, 0.1) is 41.6 Å². The molecule has 1 aliphatic rings. The van der Waals surface area contributed by atoms with Crippen molar-refractivity contribution in [3.8, 4) is 5.88 Å². The molecule has 10 nitrogen and oxygen atoms in total. The summed E-state index contributed by atoms with van der Waals surface area (Å²) >= 11 is 1.08. The van der Waals surface area contributed by atoms with E-state index >= 15 is 0 Å². The van der Waals surface area contributed by atoms with E-state index in [-0.39, 0.29) is 24.1 Å². The van der Waals surface area contributed by atoms with E-state index in [4.69, 9.17) is 9.47 Å². The van der Waals surface area contributed by atoms with Gasteiger partial charge < -0.3 is 19.7 Å². The van der Waals surface area contributed by atoms with Gasteiger partial charge in [-0.05, 0) is 51.7 Å². The third kappa shape index (κ3) is 7.64. The molecular formula is C26H29F3N6O4S. The van der Waals surface area contributed by atoms with Crippen LogP contribution >= 0.6 is 11.5 Å². The molecule has 1 aliphatic heterocycles. The molecule has 0 bridgehead atoms. The predicted octanol–water partition coefficient (Wildman–Crippen LogP) is 5.13. The number of nitrogens with one attached hydrogen (secondary N) is 1. The fourth-order valence-electron chi connectivity index (χ4n) is 3.98. The first-order valence-corrected chi connectivity index (χ1v) is 13.3. The van der Waals surface area contributed by atoms with Gasteiger partial charge in [0.2, 0.25) is 5.88 Å². The Labute approximate surface area is 233 Å². The molecule has 0 spiro atoms. The lowest BCUT2D eigenvalue weighted by Crippen LogP contribution is -2.35. The molecule has 1 fully saturated rings. The summed E-state index contributed by atoms with van der Waals surface area (Å²) in [5.41, 5.74) is -0.107. The summed E-state index contributed by atoms with van der Waals surface area (Å²) in [6.45, 7) is 8.69. The second-order valence-corrected chi connectivity index (χ2v) is 11.2. The molecule has 1 atom stereocenters. The molecule has 14 heteroatoms. The van der Waals surface area contributed by atoms with Gasteiger partial charge in [0.1, 0.15) is 5.60 Å². The van der Waals surface area contributed by atoms with Gasteiger partial charge in [0, 0.05) is 42.6 Å². The van der Waals surface area contributed by atoms with Crippen molar-refractivity contribution in [1.82, 2.24) is 24.2 Å². The number of ether oxygens (including phenoxy) is 2. The van der Waals surface area contributed by atoms with Gasteiger partial charge in [-0.15, -0.1) is 0 Å². The number of nitrogens with zero attached hydrogens (tertiary/aromatic N) is 5. The van der Waals surface area contributed by atoms with Gasteiger partial charge in [0.15, 0.2) is 5.69 Å². The van der Waals surface area contributed by atoms with Crippen molar-refractivity contribution in [2.45, 2.75) is 52.3 Å². The molecule has 4 heterocycles. The molecule has 0 aliphatic carbocycles. The molecule has 1 saturated heterocycles. The van der Waals surface area contributed by atoms with Gasteiger partial charge in [-0.2, -0.15) is 17.5 Å². The summed E-state index contributed by atoms with van der Waals surface area (Å²) in [6.07, 6.45) is -0.833. The second kappa shape index (κ2) is 11.7. The van der Waals surface area contributed by atoms with Gasteiger partial charge in [-0.3, -0.25) is 9.78 Å². The number of alkyl halides is 3. The molecule has 3 aromatic heterocycles. The Balaban J connectivity index is 1.30. The molecule has 0 saturated carbocycles. The second-order valence-electron chi connectivity index (χ2n) is 10.4. The lowest BCUT2D eigenvalue weighted by Gasteiger charge is -2.24. The number of aryl methyl sites for hydroxylation is 1. The van der Waals surface area contributed by atoms with E-state index in [2.05, 4.69) is 24.6 Å². The predicted molar refractivity (Wildman–Crippen MR) is 140 cm³/mol. The highest BCUT2D eigenvalue weighted by atomic mass is 32.1.